The van der Waals surface area contributed by atoms with Gasteiger partial charge in [-0.3, -0.25) is 14.3 Å². The zero-order valence-electron chi connectivity index (χ0n) is 14.3. The van der Waals surface area contributed by atoms with Gasteiger partial charge in [0.25, 0.3) is 5.91 Å². The van der Waals surface area contributed by atoms with Crippen LogP contribution in [0.2, 0.25) is 5.02 Å². The van der Waals surface area contributed by atoms with Crippen LogP contribution in [0.3, 0.4) is 0 Å². The molecule has 1 aliphatic carbocycles. The van der Waals surface area contributed by atoms with Crippen LogP contribution in [0.1, 0.15) is 36.2 Å². The molecule has 0 spiro atoms. The Morgan fingerprint density at radius 3 is 2.73 bits per heavy atom. The van der Waals surface area contributed by atoms with Gasteiger partial charge in [-0.1, -0.05) is 11.6 Å². The molecular formula is C17H21ClN6O2. The second kappa shape index (κ2) is 8.75. The second-order valence-corrected chi connectivity index (χ2v) is 6.78. The lowest BCUT2D eigenvalue weighted by Crippen LogP contribution is -2.41. The van der Waals surface area contributed by atoms with E-state index in [1.807, 2.05) is 0 Å². The molecule has 1 fully saturated rings. The summed E-state index contributed by atoms with van der Waals surface area (Å²) in [6, 6.07) is 3.38. The smallest absolute Gasteiger partial charge is 0.272 e. The monoisotopic (exact) mass is 376 g/mol. The van der Waals surface area contributed by atoms with Gasteiger partial charge in [-0.05, 0) is 37.8 Å². The summed E-state index contributed by atoms with van der Waals surface area (Å²) in [5.41, 5.74) is 0.311. The maximum absolute atomic E-state index is 12.3. The Balaban J connectivity index is 1.37. The maximum atomic E-state index is 12.3. The molecule has 26 heavy (non-hydrogen) atoms. The maximum Gasteiger partial charge on any atom is 0.272 e. The molecule has 0 bridgehead atoms. The molecule has 1 aliphatic rings. The summed E-state index contributed by atoms with van der Waals surface area (Å²) < 4.78 is 1.70. The van der Waals surface area contributed by atoms with Crippen molar-refractivity contribution in [3.05, 3.63) is 41.4 Å². The first-order valence-electron chi connectivity index (χ1n) is 8.66. The highest BCUT2D eigenvalue weighted by Gasteiger charge is 2.27. The van der Waals surface area contributed by atoms with Crippen molar-refractivity contribution in [1.82, 2.24) is 30.6 Å². The molecule has 9 heteroatoms. The van der Waals surface area contributed by atoms with Crippen molar-refractivity contribution in [3.63, 3.8) is 0 Å². The molecule has 1 saturated carbocycles. The van der Waals surface area contributed by atoms with Gasteiger partial charge in [-0.15, -0.1) is 5.10 Å². The van der Waals surface area contributed by atoms with Crippen molar-refractivity contribution in [2.45, 2.75) is 38.3 Å². The number of amides is 2. The van der Waals surface area contributed by atoms with E-state index >= 15 is 0 Å². The Kier molecular flexibility index (Phi) is 6.17. The van der Waals surface area contributed by atoms with E-state index in [1.54, 1.807) is 29.2 Å². The zero-order valence-corrected chi connectivity index (χ0v) is 15.0. The SMILES string of the molecule is O=C(NC1CCC(C(=O)NCCn2cc(Cl)cn2)CC1)c1cccnn1. The van der Waals surface area contributed by atoms with Crippen LogP contribution in [-0.2, 0) is 11.3 Å². The Hall–Kier alpha value is -2.48. The minimum Gasteiger partial charge on any atom is -0.354 e. The summed E-state index contributed by atoms with van der Waals surface area (Å²) in [6.45, 7) is 1.10. The lowest BCUT2D eigenvalue weighted by molar-refractivity contribution is -0.126. The molecule has 2 heterocycles. The average molecular weight is 377 g/mol. The highest BCUT2D eigenvalue weighted by molar-refractivity contribution is 6.30. The van der Waals surface area contributed by atoms with E-state index in [1.165, 1.54) is 6.20 Å². The van der Waals surface area contributed by atoms with Crippen LogP contribution in [-0.4, -0.2) is 44.4 Å². The van der Waals surface area contributed by atoms with Crippen molar-refractivity contribution in [1.29, 1.82) is 0 Å². The van der Waals surface area contributed by atoms with Gasteiger partial charge in [-0.25, -0.2) is 0 Å². The largest absolute Gasteiger partial charge is 0.354 e. The number of nitrogens with zero attached hydrogens (tertiary/aromatic N) is 4. The average Bonchev–Trinajstić information content (AvgIpc) is 3.08. The quantitative estimate of drug-likeness (QED) is 0.794. The van der Waals surface area contributed by atoms with Gasteiger partial charge in [-0.2, -0.15) is 10.2 Å². The molecule has 2 N–H and O–H groups in total. The molecule has 8 nitrogen and oxygen atoms in total. The molecule has 0 aliphatic heterocycles. The van der Waals surface area contributed by atoms with Crippen molar-refractivity contribution < 1.29 is 9.59 Å². The van der Waals surface area contributed by atoms with Gasteiger partial charge in [0.1, 0.15) is 0 Å². The first kappa shape index (κ1) is 18.3. The third kappa shape index (κ3) is 5.01. The summed E-state index contributed by atoms with van der Waals surface area (Å²) >= 11 is 5.80. The molecule has 0 atom stereocenters. The van der Waals surface area contributed by atoms with Gasteiger partial charge in [0, 0.05) is 30.9 Å². The van der Waals surface area contributed by atoms with Crippen LogP contribution in [0.5, 0.6) is 0 Å². The summed E-state index contributed by atoms with van der Waals surface area (Å²) in [5.74, 6) is -0.174. The minimum atomic E-state index is -0.219. The van der Waals surface area contributed by atoms with Crippen LogP contribution >= 0.6 is 11.6 Å². The summed E-state index contributed by atoms with van der Waals surface area (Å²) in [7, 11) is 0. The number of rotatable bonds is 6. The Bertz CT molecular complexity index is 743. The lowest BCUT2D eigenvalue weighted by atomic mass is 9.85. The van der Waals surface area contributed by atoms with E-state index in [9.17, 15) is 9.59 Å². The van der Waals surface area contributed by atoms with E-state index in [-0.39, 0.29) is 23.8 Å². The molecule has 2 aromatic heterocycles. The minimum absolute atomic E-state index is 0.0131. The molecule has 0 radical (unpaired) electrons. The third-order valence-electron chi connectivity index (χ3n) is 4.48. The molecule has 2 aromatic rings. The van der Waals surface area contributed by atoms with E-state index < -0.39 is 0 Å². The summed E-state index contributed by atoms with van der Waals surface area (Å²) in [6.07, 6.45) is 7.88. The Morgan fingerprint density at radius 1 is 1.27 bits per heavy atom. The van der Waals surface area contributed by atoms with Crippen molar-refractivity contribution in [3.8, 4) is 0 Å². The highest BCUT2D eigenvalue weighted by Crippen LogP contribution is 2.24. The highest BCUT2D eigenvalue weighted by atomic mass is 35.5. The van der Waals surface area contributed by atoms with E-state index in [0.717, 1.165) is 25.7 Å². The zero-order chi connectivity index (χ0) is 18.4. The Morgan fingerprint density at radius 2 is 2.08 bits per heavy atom. The van der Waals surface area contributed by atoms with E-state index in [2.05, 4.69) is 25.9 Å². The predicted octanol–water partition coefficient (Wildman–Crippen LogP) is 1.43. The van der Waals surface area contributed by atoms with Crippen LogP contribution in [0, 0.1) is 5.92 Å². The number of carbonyl (C=O) groups is 2. The number of hydrogen-bond acceptors (Lipinski definition) is 5. The standard InChI is InChI=1S/C17H21ClN6O2/c18-13-10-21-24(11-13)9-8-19-16(25)12-3-5-14(6-4-12)22-17(26)15-2-1-7-20-23-15/h1-2,7,10-12,14H,3-6,8-9H2,(H,19,25)(H,22,26). The molecule has 0 unspecified atom stereocenters. The van der Waals surface area contributed by atoms with Crippen molar-refractivity contribution in [2.24, 2.45) is 5.92 Å². The normalized spacial score (nSPS) is 19.7. The first-order valence-corrected chi connectivity index (χ1v) is 9.04. The van der Waals surface area contributed by atoms with Gasteiger partial charge in [0.15, 0.2) is 5.69 Å². The lowest BCUT2D eigenvalue weighted by Gasteiger charge is -2.28. The van der Waals surface area contributed by atoms with Gasteiger partial charge >= 0.3 is 0 Å². The van der Waals surface area contributed by atoms with Crippen LogP contribution in [0.25, 0.3) is 0 Å². The number of halogens is 1. The van der Waals surface area contributed by atoms with Gasteiger partial charge < -0.3 is 10.6 Å². The molecule has 0 aromatic carbocycles. The number of hydrogen-bond donors (Lipinski definition) is 2. The number of carbonyl (C=O) groups excluding carboxylic acids is 2. The van der Waals surface area contributed by atoms with Crippen LogP contribution in [0.15, 0.2) is 30.7 Å². The summed E-state index contributed by atoms with van der Waals surface area (Å²) in [4.78, 5) is 24.4. The van der Waals surface area contributed by atoms with Crippen molar-refractivity contribution in [2.75, 3.05) is 6.54 Å². The number of nitrogens with one attached hydrogen (secondary N) is 2. The Labute approximate surface area is 156 Å². The van der Waals surface area contributed by atoms with Crippen molar-refractivity contribution >= 4 is 23.4 Å². The van der Waals surface area contributed by atoms with E-state index in [4.69, 9.17) is 11.6 Å². The fraction of sp³-hybridized carbons (Fsp3) is 0.471. The molecular weight excluding hydrogens is 356 g/mol. The van der Waals surface area contributed by atoms with Gasteiger partial charge in [0.2, 0.25) is 5.91 Å². The van der Waals surface area contributed by atoms with Crippen LogP contribution in [0.4, 0.5) is 0 Å². The third-order valence-corrected chi connectivity index (χ3v) is 4.68. The molecule has 2 amide bonds. The molecule has 138 valence electrons. The fourth-order valence-corrected chi connectivity index (χ4v) is 3.24. The predicted molar refractivity (Wildman–Crippen MR) is 95.5 cm³/mol. The van der Waals surface area contributed by atoms with E-state index in [0.29, 0.717) is 23.8 Å². The molecule has 3 rings (SSSR count). The summed E-state index contributed by atoms with van der Waals surface area (Å²) in [5, 5.41) is 18.1. The number of aromatic nitrogens is 4. The fourth-order valence-electron chi connectivity index (χ4n) is 3.08. The second-order valence-electron chi connectivity index (χ2n) is 6.34. The van der Waals surface area contributed by atoms with Crippen LogP contribution < -0.4 is 10.6 Å². The topological polar surface area (TPSA) is 102 Å². The first-order chi connectivity index (χ1) is 12.6. The molecule has 0 saturated heterocycles. The van der Waals surface area contributed by atoms with Gasteiger partial charge in [0.05, 0.1) is 17.8 Å².